The summed E-state index contributed by atoms with van der Waals surface area (Å²) < 4.78 is 1.94. The molecule has 2 N–H and O–H groups in total. The number of benzene rings is 1. The fraction of sp³-hybridized carbons (Fsp3) is 0.400. The Labute approximate surface area is 157 Å². The predicted octanol–water partition coefficient (Wildman–Crippen LogP) is 3.59. The number of fused-ring (bicyclic) bond motifs is 1. The van der Waals surface area contributed by atoms with Crippen LogP contribution < -0.4 is 5.73 Å². The number of hydrogen-bond donors (Lipinski definition) is 1. The fourth-order valence-electron chi connectivity index (χ4n) is 3.78. The van der Waals surface area contributed by atoms with Gasteiger partial charge in [-0.05, 0) is 43.9 Å². The fourth-order valence-corrected chi connectivity index (χ4v) is 4.92. The minimum atomic E-state index is 0.104. The number of piperidine rings is 1. The van der Waals surface area contributed by atoms with Crippen molar-refractivity contribution in [3.05, 3.63) is 47.0 Å². The van der Waals surface area contributed by atoms with Crippen LogP contribution in [0.5, 0.6) is 0 Å². The van der Waals surface area contributed by atoms with Gasteiger partial charge in [-0.1, -0.05) is 25.1 Å². The lowest BCUT2D eigenvalue weighted by molar-refractivity contribution is 0.0578. The quantitative estimate of drug-likeness (QED) is 0.768. The maximum atomic E-state index is 13.2. The van der Waals surface area contributed by atoms with Crippen molar-refractivity contribution >= 4 is 27.5 Å². The van der Waals surface area contributed by atoms with Crippen LogP contribution in [-0.4, -0.2) is 39.7 Å². The lowest BCUT2D eigenvalue weighted by Crippen LogP contribution is -2.49. The first kappa shape index (κ1) is 17.2. The van der Waals surface area contributed by atoms with Crippen LogP contribution in [0.4, 0.5) is 0 Å². The van der Waals surface area contributed by atoms with E-state index in [0.29, 0.717) is 12.5 Å². The zero-order valence-corrected chi connectivity index (χ0v) is 16.0. The van der Waals surface area contributed by atoms with Crippen molar-refractivity contribution in [2.24, 2.45) is 11.7 Å². The average Bonchev–Trinajstić information content (AvgIpc) is 3.22. The van der Waals surface area contributed by atoms with Crippen LogP contribution in [0, 0.1) is 12.8 Å². The van der Waals surface area contributed by atoms with Gasteiger partial charge >= 0.3 is 0 Å². The summed E-state index contributed by atoms with van der Waals surface area (Å²) in [4.78, 5) is 16.9. The van der Waals surface area contributed by atoms with Gasteiger partial charge in [0.05, 0.1) is 16.3 Å². The highest BCUT2D eigenvalue weighted by Gasteiger charge is 2.31. The number of amides is 1. The number of nitrogens with zero attached hydrogens (tertiary/aromatic N) is 3. The topological polar surface area (TPSA) is 64.2 Å². The monoisotopic (exact) mass is 368 g/mol. The minimum Gasteiger partial charge on any atom is -0.334 e. The van der Waals surface area contributed by atoms with E-state index in [1.165, 1.54) is 11.3 Å². The van der Waals surface area contributed by atoms with Gasteiger partial charge in [0, 0.05) is 24.5 Å². The number of carbonyl (C=O) groups excluding carboxylic acids is 1. The summed E-state index contributed by atoms with van der Waals surface area (Å²) in [5.41, 5.74) is 7.90. The zero-order valence-electron chi connectivity index (χ0n) is 15.2. The number of carbonyl (C=O) groups is 1. The Kier molecular flexibility index (Phi) is 4.54. The summed E-state index contributed by atoms with van der Waals surface area (Å²) >= 11 is 1.52. The third kappa shape index (κ3) is 2.93. The zero-order chi connectivity index (χ0) is 18.3. The Morgan fingerprint density at radius 3 is 2.85 bits per heavy atom. The number of aromatic nitrogens is 2. The Morgan fingerprint density at radius 2 is 2.12 bits per heavy atom. The number of likely N-dealkylation sites (tertiary alicyclic amines) is 1. The molecule has 1 aromatic carbocycles. The van der Waals surface area contributed by atoms with Crippen LogP contribution in [0.25, 0.3) is 15.9 Å². The standard InChI is InChI=1S/C20H24N4OS/c1-13-8-9-23(16(10-13)12-21)19(25)18-11-17-14(2)22-24(20(17)26-18)15-6-4-3-5-7-15/h3-7,11,13,16H,8-10,12,21H2,1-2H3. The molecule has 26 heavy (non-hydrogen) atoms. The van der Waals surface area contributed by atoms with E-state index in [2.05, 4.69) is 12.0 Å². The van der Waals surface area contributed by atoms with Crippen LogP contribution in [0.15, 0.2) is 36.4 Å². The molecule has 0 saturated carbocycles. The van der Waals surface area contributed by atoms with Crippen molar-refractivity contribution in [3.63, 3.8) is 0 Å². The summed E-state index contributed by atoms with van der Waals surface area (Å²) in [5.74, 6) is 0.733. The van der Waals surface area contributed by atoms with E-state index in [-0.39, 0.29) is 11.9 Å². The van der Waals surface area contributed by atoms with E-state index >= 15 is 0 Å². The molecule has 1 fully saturated rings. The summed E-state index contributed by atoms with van der Waals surface area (Å²) in [6, 6.07) is 12.2. The van der Waals surface area contributed by atoms with E-state index in [9.17, 15) is 4.79 Å². The van der Waals surface area contributed by atoms with E-state index in [1.807, 2.05) is 52.9 Å². The number of para-hydroxylation sites is 1. The van der Waals surface area contributed by atoms with Crippen LogP contribution in [0.2, 0.25) is 0 Å². The highest BCUT2D eigenvalue weighted by Crippen LogP contribution is 2.32. The molecule has 3 heterocycles. The molecule has 4 rings (SSSR count). The lowest BCUT2D eigenvalue weighted by Gasteiger charge is -2.37. The molecule has 3 aromatic rings. The molecule has 2 aromatic heterocycles. The molecule has 2 unspecified atom stereocenters. The van der Waals surface area contributed by atoms with E-state index in [0.717, 1.165) is 45.9 Å². The molecule has 136 valence electrons. The van der Waals surface area contributed by atoms with Gasteiger partial charge in [0.25, 0.3) is 5.91 Å². The van der Waals surface area contributed by atoms with E-state index in [1.54, 1.807) is 0 Å². The highest BCUT2D eigenvalue weighted by molar-refractivity contribution is 7.20. The Bertz CT molecular complexity index is 930. The molecular formula is C20H24N4OS. The van der Waals surface area contributed by atoms with Crippen LogP contribution in [0.3, 0.4) is 0 Å². The molecule has 1 aliphatic rings. The molecule has 0 bridgehead atoms. The van der Waals surface area contributed by atoms with Crippen LogP contribution >= 0.6 is 11.3 Å². The number of thiophene rings is 1. The smallest absolute Gasteiger partial charge is 0.264 e. The SMILES string of the molecule is Cc1nn(-c2ccccc2)c2sc(C(=O)N3CCC(C)CC3CN)cc12. The van der Waals surface area contributed by atoms with Crippen LogP contribution in [-0.2, 0) is 0 Å². The van der Waals surface area contributed by atoms with Crippen molar-refractivity contribution in [1.29, 1.82) is 0 Å². The second-order valence-electron chi connectivity index (χ2n) is 7.18. The van der Waals surface area contributed by atoms with Gasteiger partial charge in [-0.25, -0.2) is 4.68 Å². The molecule has 1 amide bonds. The van der Waals surface area contributed by atoms with Gasteiger partial charge in [0.15, 0.2) is 0 Å². The molecule has 0 radical (unpaired) electrons. The molecule has 1 aliphatic heterocycles. The first-order valence-electron chi connectivity index (χ1n) is 9.14. The summed E-state index contributed by atoms with van der Waals surface area (Å²) in [6.07, 6.45) is 2.04. The van der Waals surface area contributed by atoms with Crippen molar-refractivity contribution in [3.8, 4) is 5.69 Å². The number of rotatable bonds is 3. The first-order chi connectivity index (χ1) is 12.6. The largest absolute Gasteiger partial charge is 0.334 e. The third-order valence-electron chi connectivity index (χ3n) is 5.27. The molecule has 6 heteroatoms. The molecule has 1 saturated heterocycles. The molecular weight excluding hydrogens is 344 g/mol. The number of aryl methyl sites for hydroxylation is 1. The first-order valence-corrected chi connectivity index (χ1v) is 9.95. The summed E-state index contributed by atoms with van der Waals surface area (Å²) in [5, 5.41) is 5.71. The maximum Gasteiger partial charge on any atom is 0.264 e. The van der Waals surface area contributed by atoms with Gasteiger partial charge in [-0.15, -0.1) is 11.3 Å². The van der Waals surface area contributed by atoms with Crippen molar-refractivity contribution in [2.45, 2.75) is 32.7 Å². The summed E-state index contributed by atoms with van der Waals surface area (Å²) in [7, 11) is 0. The van der Waals surface area contributed by atoms with Crippen molar-refractivity contribution in [1.82, 2.24) is 14.7 Å². The highest BCUT2D eigenvalue weighted by atomic mass is 32.1. The van der Waals surface area contributed by atoms with E-state index < -0.39 is 0 Å². The Morgan fingerprint density at radius 1 is 1.35 bits per heavy atom. The molecule has 0 aliphatic carbocycles. The van der Waals surface area contributed by atoms with E-state index in [4.69, 9.17) is 5.73 Å². The minimum absolute atomic E-state index is 0.104. The third-order valence-corrected chi connectivity index (χ3v) is 6.37. The second kappa shape index (κ2) is 6.85. The Hall–Kier alpha value is -2.18. The van der Waals surface area contributed by atoms with Gasteiger partial charge in [0.1, 0.15) is 4.83 Å². The average molecular weight is 369 g/mol. The maximum absolute atomic E-state index is 13.2. The van der Waals surface area contributed by atoms with Gasteiger partial charge in [0.2, 0.25) is 0 Å². The van der Waals surface area contributed by atoms with Crippen molar-refractivity contribution in [2.75, 3.05) is 13.1 Å². The number of nitrogens with two attached hydrogens (primary N) is 1. The second-order valence-corrected chi connectivity index (χ2v) is 8.21. The van der Waals surface area contributed by atoms with Crippen molar-refractivity contribution < 1.29 is 4.79 Å². The molecule has 0 spiro atoms. The van der Waals surface area contributed by atoms with Gasteiger partial charge < -0.3 is 10.6 Å². The summed E-state index contributed by atoms with van der Waals surface area (Å²) in [6.45, 7) is 5.55. The Balaban J connectivity index is 1.71. The normalized spacial score (nSPS) is 20.7. The lowest BCUT2D eigenvalue weighted by atomic mass is 9.92. The van der Waals surface area contributed by atoms with Gasteiger partial charge in [-0.3, -0.25) is 4.79 Å². The number of hydrogen-bond acceptors (Lipinski definition) is 4. The predicted molar refractivity (Wildman–Crippen MR) is 106 cm³/mol. The molecule has 5 nitrogen and oxygen atoms in total. The van der Waals surface area contributed by atoms with Gasteiger partial charge in [-0.2, -0.15) is 5.10 Å². The molecule has 2 atom stereocenters. The van der Waals surface area contributed by atoms with Crippen LogP contribution in [0.1, 0.15) is 35.1 Å².